The molecule has 0 bridgehead atoms. The third-order valence-electron chi connectivity index (χ3n) is 0.575. The number of methoxy groups -OCH3 is 2. The van der Waals surface area contributed by atoms with Crippen LogP contribution in [0.4, 0.5) is 0 Å². The van der Waals surface area contributed by atoms with E-state index in [-0.39, 0.29) is 20.4 Å². The van der Waals surface area contributed by atoms with Crippen molar-refractivity contribution in [2.45, 2.75) is 13.8 Å². The van der Waals surface area contributed by atoms with Crippen molar-refractivity contribution < 1.29 is 19.1 Å². The van der Waals surface area contributed by atoms with Crippen molar-refractivity contribution in [1.29, 1.82) is 0 Å². The summed E-state index contributed by atoms with van der Waals surface area (Å²) < 4.78 is 8.22. The number of hydrogen-bond acceptors (Lipinski definition) is 4. The Balaban J connectivity index is -0.000000107. The SMILES string of the molecule is COC(C)=O.COC(C)=O.[BH]. The molecule has 0 atom stereocenters. The van der Waals surface area contributed by atoms with Gasteiger partial charge in [0, 0.05) is 22.3 Å². The van der Waals surface area contributed by atoms with Crippen LogP contribution < -0.4 is 0 Å². The van der Waals surface area contributed by atoms with Crippen molar-refractivity contribution in [2.75, 3.05) is 14.2 Å². The van der Waals surface area contributed by atoms with Crippen LogP contribution in [-0.4, -0.2) is 34.6 Å². The lowest BCUT2D eigenvalue weighted by molar-refractivity contribution is -0.138. The fourth-order valence-corrected chi connectivity index (χ4v) is 0. The Kier molecular flexibility index (Phi) is 17.7. The second kappa shape index (κ2) is 11.8. The largest absolute Gasteiger partial charge is 0.469 e. The molecule has 0 N–H and O–H groups in total. The van der Waals surface area contributed by atoms with Crippen molar-refractivity contribution in [1.82, 2.24) is 0 Å². The van der Waals surface area contributed by atoms with Gasteiger partial charge in [0.05, 0.1) is 14.2 Å². The van der Waals surface area contributed by atoms with E-state index in [4.69, 9.17) is 0 Å². The van der Waals surface area contributed by atoms with Crippen LogP contribution in [-0.2, 0) is 19.1 Å². The third-order valence-corrected chi connectivity index (χ3v) is 0.575. The van der Waals surface area contributed by atoms with Gasteiger partial charge < -0.3 is 9.47 Å². The van der Waals surface area contributed by atoms with Crippen molar-refractivity contribution in [2.24, 2.45) is 0 Å². The summed E-state index contributed by atoms with van der Waals surface area (Å²) in [6.45, 7) is 2.72. The lowest BCUT2D eigenvalue weighted by Crippen LogP contribution is -1.88. The first kappa shape index (κ1) is 16.5. The normalized spacial score (nSPS) is 6.18. The van der Waals surface area contributed by atoms with Gasteiger partial charge in [-0.2, -0.15) is 0 Å². The average Bonchev–Trinajstić information content (AvgIpc) is 1.89. The summed E-state index contributed by atoms with van der Waals surface area (Å²) in [5.41, 5.74) is 0. The van der Waals surface area contributed by atoms with Gasteiger partial charge in [-0.25, -0.2) is 0 Å². The van der Waals surface area contributed by atoms with Gasteiger partial charge in [-0.3, -0.25) is 9.59 Å². The molecule has 0 unspecified atom stereocenters. The number of rotatable bonds is 0. The first-order valence-corrected chi connectivity index (χ1v) is 2.63. The number of ether oxygens (including phenoxy) is 2. The number of hydrogen-bond donors (Lipinski definition) is 0. The van der Waals surface area contributed by atoms with Crippen molar-refractivity contribution in [3.05, 3.63) is 0 Å². The van der Waals surface area contributed by atoms with E-state index in [1.807, 2.05) is 0 Å². The minimum absolute atomic E-state index is 0. The maximum absolute atomic E-state index is 9.59. The molecule has 0 saturated heterocycles. The zero-order valence-electron chi connectivity index (χ0n) is 7.34. The Hall–Kier alpha value is -0.995. The standard InChI is InChI=1S/2C3H6O2.BH/c2*1-3(4)5-2;/h2*1-2H3;1H. The smallest absolute Gasteiger partial charge is 0.302 e. The van der Waals surface area contributed by atoms with Gasteiger partial charge in [0.2, 0.25) is 0 Å². The Labute approximate surface area is 68.4 Å². The van der Waals surface area contributed by atoms with Crippen LogP contribution in [0.2, 0.25) is 0 Å². The van der Waals surface area contributed by atoms with E-state index < -0.39 is 0 Å². The van der Waals surface area contributed by atoms with Gasteiger partial charge >= 0.3 is 11.9 Å². The Morgan fingerprint density at radius 1 is 0.909 bits per heavy atom. The number of carbonyl (C=O) groups is 2. The first-order chi connectivity index (χ1) is 4.54. The molecule has 5 heteroatoms. The highest BCUT2D eigenvalue weighted by atomic mass is 16.5. The van der Waals surface area contributed by atoms with Crippen LogP contribution in [0.1, 0.15) is 13.8 Å². The summed E-state index contributed by atoms with van der Waals surface area (Å²) in [5, 5.41) is 0. The van der Waals surface area contributed by atoms with E-state index in [0.717, 1.165) is 0 Å². The van der Waals surface area contributed by atoms with Crippen LogP contribution >= 0.6 is 0 Å². The highest BCUT2D eigenvalue weighted by Gasteiger charge is 1.76. The van der Waals surface area contributed by atoms with E-state index in [0.29, 0.717) is 0 Å². The van der Waals surface area contributed by atoms with Gasteiger partial charge in [-0.1, -0.05) is 0 Å². The van der Waals surface area contributed by atoms with Gasteiger partial charge in [-0.15, -0.1) is 0 Å². The zero-order valence-corrected chi connectivity index (χ0v) is 7.34. The second-order valence-electron chi connectivity index (χ2n) is 1.39. The third kappa shape index (κ3) is 48.9. The molecule has 0 aliphatic carbocycles. The van der Waals surface area contributed by atoms with E-state index in [1.165, 1.54) is 28.1 Å². The van der Waals surface area contributed by atoms with Crippen molar-refractivity contribution in [3.63, 3.8) is 0 Å². The molecular formula is C6H13BO4. The van der Waals surface area contributed by atoms with Crippen molar-refractivity contribution >= 4 is 20.4 Å². The summed E-state index contributed by atoms with van der Waals surface area (Å²) in [6.07, 6.45) is 0. The molecule has 11 heavy (non-hydrogen) atoms. The fourth-order valence-electron chi connectivity index (χ4n) is 0. The molecule has 2 radical (unpaired) electrons. The molecule has 0 saturated carbocycles. The molecule has 0 aromatic heterocycles. The van der Waals surface area contributed by atoms with Gasteiger partial charge in [0.1, 0.15) is 0 Å². The van der Waals surface area contributed by atoms with E-state index >= 15 is 0 Å². The molecule has 0 aliphatic heterocycles. The number of esters is 2. The molecule has 0 fully saturated rings. The Bertz CT molecular complexity index is 99.1. The average molecular weight is 160 g/mol. The first-order valence-electron chi connectivity index (χ1n) is 2.63. The Morgan fingerprint density at radius 3 is 1.00 bits per heavy atom. The van der Waals surface area contributed by atoms with Crippen LogP contribution in [0.25, 0.3) is 0 Å². The lowest BCUT2D eigenvalue weighted by Gasteiger charge is -1.80. The van der Waals surface area contributed by atoms with Crippen LogP contribution in [0, 0.1) is 0 Å². The maximum Gasteiger partial charge on any atom is 0.302 e. The summed E-state index contributed by atoms with van der Waals surface area (Å²) in [5.74, 6) is -0.491. The molecule has 4 nitrogen and oxygen atoms in total. The minimum Gasteiger partial charge on any atom is -0.469 e. The van der Waals surface area contributed by atoms with E-state index in [2.05, 4.69) is 9.47 Å². The summed E-state index contributed by atoms with van der Waals surface area (Å²) in [6, 6.07) is 0. The molecule has 0 rings (SSSR count). The molecule has 0 amide bonds. The van der Waals surface area contributed by atoms with Crippen LogP contribution in [0.3, 0.4) is 0 Å². The van der Waals surface area contributed by atoms with E-state index in [9.17, 15) is 9.59 Å². The van der Waals surface area contributed by atoms with Gasteiger partial charge in [0.15, 0.2) is 0 Å². The Morgan fingerprint density at radius 2 is 1.00 bits per heavy atom. The van der Waals surface area contributed by atoms with Gasteiger partial charge in [0.25, 0.3) is 0 Å². The fraction of sp³-hybridized carbons (Fsp3) is 0.667. The molecule has 0 spiro atoms. The summed E-state index contributed by atoms with van der Waals surface area (Å²) in [7, 11) is 2.70. The molecule has 0 aromatic carbocycles. The maximum atomic E-state index is 9.59. The predicted molar refractivity (Wildman–Crippen MR) is 42.5 cm³/mol. The van der Waals surface area contributed by atoms with E-state index in [1.54, 1.807) is 0 Å². The zero-order chi connectivity index (χ0) is 8.57. The lowest BCUT2D eigenvalue weighted by atomic mass is 10.8. The molecule has 0 aliphatic rings. The minimum atomic E-state index is -0.245. The summed E-state index contributed by atoms with van der Waals surface area (Å²) >= 11 is 0. The topological polar surface area (TPSA) is 52.6 Å². The highest BCUT2D eigenvalue weighted by Crippen LogP contribution is 1.60. The number of carbonyl (C=O) groups excluding carboxylic acids is 2. The quantitative estimate of drug-likeness (QED) is 0.361. The van der Waals surface area contributed by atoms with Crippen LogP contribution in [0.5, 0.6) is 0 Å². The summed E-state index contributed by atoms with van der Waals surface area (Å²) in [4.78, 5) is 19.2. The van der Waals surface area contributed by atoms with Crippen LogP contribution in [0.15, 0.2) is 0 Å². The molecule has 0 heterocycles. The highest BCUT2D eigenvalue weighted by molar-refractivity contribution is 5.75. The monoisotopic (exact) mass is 160 g/mol. The second-order valence-corrected chi connectivity index (χ2v) is 1.39. The molecular weight excluding hydrogens is 147 g/mol. The predicted octanol–water partition coefficient (Wildman–Crippen LogP) is -0.290. The molecule has 64 valence electrons. The van der Waals surface area contributed by atoms with Gasteiger partial charge in [-0.05, 0) is 0 Å². The molecule has 0 aromatic rings. The van der Waals surface area contributed by atoms with Crippen molar-refractivity contribution in [3.8, 4) is 0 Å².